The van der Waals surface area contributed by atoms with Gasteiger partial charge in [0.2, 0.25) is 0 Å². The zero-order valence-electron chi connectivity index (χ0n) is 13.1. The van der Waals surface area contributed by atoms with Crippen molar-refractivity contribution in [3.05, 3.63) is 48.7 Å². The van der Waals surface area contributed by atoms with Gasteiger partial charge >= 0.3 is 0 Å². The van der Waals surface area contributed by atoms with Crippen LogP contribution in [-0.4, -0.2) is 39.3 Å². The van der Waals surface area contributed by atoms with E-state index in [1.54, 1.807) is 0 Å². The second-order valence-corrected chi connectivity index (χ2v) is 6.77. The predicted molar refractivity (Wildman–Crippen MR) is 91.2 cm³/mol. The van der Waals surface area contributed by atoms with Crippen LogP contribution in [0.25, 0.3) is 22.3 Å². The van der Waals surface area contributed by atoms with Gasteiger partial charge in [-0.3, -0.25) is 0 Å². The van der Waals surface area contributed by atoms with Crippen LogP contribution in [0, 0.1) is 5.92 Å². The Labute approximate surface area is 135 Å². The maximum atomic E-state index is 4.95. The van der Waals surface area contributed by atoms with Crippen LogP contribution in [-0.2, 0) is 0 Å². The summed E-state index contributed by atoms with van der Waals surface area (Å²) in [6, 6.07) is 15.1. The monoisotopic (exact) mass is 304 g/mol. The van der Waals surface area contributed by atoms with Crippen molar-refractivity contribution >= 4 is 11.0 Å². The van der Waals surface area contributed by atoms with E-state index in [2.05, 4.69) is 46.0 Å². The molecule has 3 aliphatic heterocycles. The number of hydrogen-bond acceptors (Lipinski definition) is 3. The van der Waals surface area contributed by atoms with Gasteiger partial charge < -0.3 is 4.90 Å². The normalized spacial score (nSPS) is 26.7. The lowest BCUT2D eigenvalue weighted by molar-refractivity contribution is 0.0531. The van der Waals surface area contributed by atoms with Gasteiger partial charge in [-0.15, -0.1) is 0 Å². The average Bonchev–Trinajstić information content (AvgIpc) is 3.06. The van der Waals surface area contributed by atoms with E-state index in [-0.39, 0.29) is 0 Å². The topological polar surface area (TPSA) is 34.0 Å². The average molecular weight is 304 g/mol. The van der Waals surface area contributed by atoms with Crippen molar-refractivity contribution in [3.63, 3.8) is 0 Å². The Morgan fingerprint density at radius 3 is 2.52 bits per heavy atom. The zero-order chi connectivity index (χ0) is 15.2. The molecule has 4 heteroatoms. The predicted octanol–water partition coefficient (Wildman–Crippen LogP) is 3.37. The first kappa shape index (κ1) is 13.3. The minimum absolute atomic E-state index is 0.480. The molecule has 3 aliphatic rings. The van der Waals surface area contributed by atoms with Crippen LogP contribution in [0.2, 0.25) is 0 Å². The Hall–Kier alpha value is -2.20. The third-order valence-corrected chi connectivity index (χ3v) is 5.45. The molecule has 1 aromatic carbocycles. The summed E-state index contributed by atoms with van der Waals surface area (Å²) in [5.74, 6) is 0.755. The van der Waals surface area contributed by atoms with E-state index < -0.39 is 0 Å². The van der Waals surface area contributed by atoms with Crippen molar-refractivity contribution in [2.45, 2.75) is 18.9 Å². The Morgan fingerprint density at radius 1 is 0.957 bits per heavy atom. The van der Waals surface area contributed by atoms with Crippen molar-refractivity contribution in [2.75, 3.05) is 19.6 Å². The Balaban J connectivity index is 1.60. The zero-order valence-corrected chi connectivity index (χ0v) is 13.1. The highest BCUT2D eigenvalue weighted by Crippen LogP contribution is 2.36. The molecule has 0 unspecified atom stereocenters. The third kappa shape index (κ3) is 2.17. The first-order valence-electron chi connectivity index (χ1n) is 8.50. The maximum absolute atomic E-state index is 4.95. The summed E-state index contributed by atoms with van der Waals surface area (Å²) >= 11 is 0. The highest BCUT2D eigenvalue weighted by molar-refractivity contribution is 5.78. The number of pyridine rings is 1. The van der Waals surface area contributed by atoms with Gasteiger partial charge in [-0.05, 0) is 44.0 Å². The molecule has 3 fully saturated rings. The van der Waals surface area contributed by atoms with Gasteiger partial charge in [0.25, 0.3) is 0 Å². The highest BCUT2D eigenvalue weighted by Gasteiger charge is 2.36. The summed E-state index contributed by atoms with van der Waals surface area (Å²) in [4.78, 5) is 7.51. The van der Waals surface area contributed by atoms with Gasteiger partial charge in [-0.2, -0.15) is 5.10 Å². The van der Waals surface area contributed by atoms with E-state index in [4.69, 9.17) is 10.1 Å². The number of benzene rings is 1. The second kappa shape index (κ2) is 5.17. The van der Waals surface area contributed by atoms with Crippen LogP contribution in [0.3, 0.4) is 0 Å². The molecule has 3 aromatic rings. The van der Waals surface area contributed by atoms with Crippen molar-refractivity contribution < 1.29 is 0 Å². The van der Waals surface area contributed by atoms with Gasteiger partial charge in [0, 0.05) is 17.5 Å². The molecule has 3 saturated heterocycles. The molecule has 0 spiro atoms. The fourth-order valence-corrected chi connectivity index (χ4v) is 4.15. The minimum atomic E-state index is 0.480. The molecular weight excluding hydrogens is 284 g/mol. The lowest BCUT2D eigenvalue weighted by atomic mass is 9.84. The van der Waals surface area contributed by atoms with Gasteiger partial charge in [0.05, 0.1) is 17.9 Å². The molecule has 116 valence electrons. The van der Waals surface area contributed by atoms with E-state index in [0.29, 0.717) is 6.04 Å². The standard InChI is InChI=1S/C19H20N4/c1-2-4-14(5-3-1)17-7-6-16-12-20-23(19(16)21-17)18-13-22-10-8-15(18)9-11-22/h1-7,12,15,18H,8-11,13H2/t18-/m1/s1. The van der Waals surface area contributed by atoms with Crippen LogP contribution in [0.4, 0.5) is 0 Å². The largest absolute Gasteiger partial charge is 0.301 e. The molecule has 0 saturated carbocycles. The molecule has 6 rings (SSSR count). The van der Waals surface area contributed by atoms with Gasteiger partial charge in [0.15, 0.2) is 5.65 Å². The molecule has 2 aromatic heterocycles. The van der Waals surface area contributed by atoms with Crippen LogP contribution in [0.5, 0.6) is 0 Å². The molecule has 0 amide bonds. The molecule has 2 bridgehead atoms. The summed E-state index contributed by atoms with van der Waals surface area (Å²) in [6.07, 6.45) is 4.56. The lowest BCUT2D eigenvalue weighted by Crippen LogP contribution is -2.48. The molecule has 5 heterocycles. The van der Waals surface area contributed by atoms with Gasteiger partial charge in [-0.25, -0.2) is 9.67 Å². The molecular formula is C19H20N4. The van der Waals surface area contributed by atoms with E-state index in [0.717, 1.165) is 34.8 Å². The molecule has 0 N–H and O–H groups in total. The van der Waals surface area contributed by atoms with Gasteiger partial charge in [-0.1, -0.05) is 30.3 Å². The number of aromatic nitrogens is 3. The number of nitrogens with zero attached hydrogens (tertiary/aromatic N) is 4. The summed E-state index contributed by atoms with van der Waals surface area (Å²) in [6.45, 7) is 3.63. The Morgan fingerprint density at radius 2 is 1.78 bits per heavy atom. The van der Waals surface area contributed by atoms with Crippen molar-refractivity contribution in [1.82, 2.24) is 19.7 Å². The van der Waals surface area contributed by atoms with Crippen molar-refractivity contribution in [3.8, 4) is 11.3 Å². The fourth-order valence-electron chi connectivity index (χ4n) is 4.15. The number of fused-ring (bicyclic) bond motifs is 4. The molecule has 4 nitrogen and oxygen atoms in total. The SMILES string of the molecule is c1ccc(-c2ccc3cnn([C@@H]4CN5CCC4CC5)c3n2)cc1. The molecule has 1 atom stereocenters. The summed E-state index contributed by atoms with van der Waals surface area (Å²) in [5, 5.41) is 5.84. The first-order chi connectivity index (χ1) is 11.4. The van der Waals surface area contributed by atoms with Crippen molar-refractivity contribution in [2.24, 2.45) is 5.92 Å². The Kier molecular flexibility index (Phi) is 2.98. The summed E-state index contributed by atoms with van der Waals surface area (Å²) < 4.78 is 2.19. The quantitative estimate of drug-likeness (QED) is 0.728. The summed E-state index contributed by atoms with van der Waals surface area (Å²) in [5.41, 5.74) is 3.22. The number of rotatable bonds is 2. The molecule has 0 radical (unpaired) electrons. The lowest BCUT2D eigenvalue weighted by Gasteiger charge is -2.44. The second-order valence-electron chi connectivity index (χ2n) is 6.77. The number of piperidine rings is 3. The first-order valence-corrected chi connectivity index (χ1v) is 8.50. The molecule has 0 aliphatic carbocycles. The molecule has 23 heavy (non-hydrogen) atoms. The Bertz CT molecular complexity index is 831. The smallest absolute Gasteiger partial charge is 0.158 e. The van der Waals surface area contributed by atoms with Crippen LogP contribution < -0.4 is 0 Å². The third-order valence-electron chi connectivity index (χ3n) is 5.45. The van der Waals surface area contributed by atoms with Crippen LogP contribution >= 0.6 is 0 Å². The highest BCUT2D eigenvalue weighted by atomic mass is 15.3. The van der Waals surface area contributed by atoms with Crippen molar-refractivity contribution in [1.29, 1.82) is 0 Å². The van der Waals surface area contributed by atoms with Crippen LogP contribution in [0.1, 0.15) is 18.9 Å². The van der Waals surface area contributed by atoms with E-state index in [9.17, 15) is 0 Å². The fraction of sp³-hybridized carbons (Fsp3) is 0.368. The van der Waals surface area contributed by atoms with Gasteiger partial charge in [0.1, 0.15) is 0 Å². The number of hydrogen-bond donors (Lipinski definition) is 0. The van der Waals surface area contributed by atoms with E-state index in [1.807, 2.05) is 12.3 Å². The van der Waals surface area contributed by atoms with E-state index in [1.165, 1.54) is 25.9 Å². The van der Waals surface area contributed by atoms with E-state index >= 15 is 0 Å². The van der Waals surface area contributed by atoms with Crippen LogP contribution in [0.15, 0.2) is 48.7 Å². The minimum Gasteiger partial charge on any atom is -0.301 e. The summed E-state index contributed by atoms with van der Waals surface area (Å²) in [7, 11) is 0. The maximum Gasteiger partial charge on any atom is 0.158 e.